The van der Waals surface area contributed by atoms with Crippen LogP contribution in [0, 0.1) is 15.5 Å². The maximum atomic E-state index is 10.7. The van der Waals surface area contributed by atoms with Gasteiger partial charge in [0.15, 0.2) is 11.5 Å². The number of benzene rings is 1. The van der Waals surface area contributed by atoms with Gasteiger partial charge in [0.2, 0.25) is 0 Å². The van der Waals surface area contributed by atoms with E-state index in [0.717, 1.165) is 18.6 Å². The predicted octanol–water partition coefficient (Wildman–Crippen LogP) is 3.47. The van der Waals surface area contributed by atoms with Crippen LogP contribution in [0.15, 0.2) is 18.2 Å². The van der Waals surface area contributed by atoms with Crippen molar-refractivity contribution in [1.29, 1.82) is 0 Å². The van der Waals surface area contributed by atoms with Crippen LogP contribution in [0.3, 0.4) is 0 Å². The lowest BCUT2D eigenvalue weighted by molar-refractivity contribution is -0.385. The molecule has 20 heavy (non-hydrogen) atoms. The Morgan fingerprint density at radius 1 is 1.35 bits per heavy atom. The van der Waals surface area contributed by atoms with Crippen molar-refractivity contribution in [2.45, 2.75) is 25.7 Å². The molecule has 1 aromatic carbocycles. The molecule has 0 aliphatic heterocycles. The van der Waals surface area contributed by atoms with Gasteiger partial charge >= 0.3 is 0 Å². The van der Waals surface area contributed by atoms with E-state index in [4.69, 9.17) is 9.47 Å². The van der Waals surface area contributed by atoms with Gasteiger partial charge < -0.3 is 9.47 Å². The van der Waals surface area contributed by atoms with Crippen molar-refractivity contribution in [1.82, 2.24) is 0 Å². The fraction of sp³-hybridized carbons (Fsp3) is 0.571. The number of hydrogen-bond donors (Lipinski definition) is 1. The second-order valence-corrected chi connectivity index (χ2v) is 5.56. The normalized spacial score (nSPS) is 16.9. The van der Waals surface area contributed by atoms with Gasteiger partial charge in [-0.25, -0.2) is 0 Å². The zero-order chi connectivity index (χ0) is 14.6. The lowest BCUT2D eigenvalue weighted by atomic mass is 9.90. The Morgan fingerprint density at radius 3 is 2.60 bits per heavy atom. The van der Waals surface area contributed by atoms with Crippen LogP contribution in [0.4, 0.5) is 5.69 Å². The van der Waals surface area contributed by atoms with Crippen molar-refractivity contribution in [2.75, 3.05) is 19.5 Å². The van der Waals surface area contributed by atoms with Crippen LogP contribution in [0.25, 0.3) is 0 Å². The number of hydrogen-bond acceptors (Lipinski definition) is 5. The first-order chi connectivity index (χ1) is 9.60. The largest absolute Gasteiger partial charge is 0.493 e. The first kappa shape index (κ1) is 15.0. The molecule has 1 aliphatic rings. The average molecular weight is 297 g/mol. The van der Waals surface area contributed by atoms with Crippen LogP contribution >= 0.6 is 12.6 Å². The summed E-state index contributed by atoms with van der Waals surface area (Å²) in [7, 11) is 1.48. The summed E-state index contributed by atoms with van der Waals surface area (Å²) in [6, 6.07) is 4.41. The Labute approximate surface area is 123 Å². The molecule has 6 heteroatoms. The molecular formula is C14H19NO4S. The van der Waals surface area contributed by atoms with Crippen LogP contribution < -0.4 is 9.47 Å². The number of ether oxygens (including phenoxy) is 2. The van der Waals surface area contributed by atoms with Gasteiger partial charge in [0.25, 0.3) is 5.69 Å². The summed E-state index contributed by atoms with van der Waals surface area (Å²) >= 11 is 4.44. The number of non-ortho nitro benzene ring substituents is 1. The summed E-state index contributed by atoms with van der Waals surface area (Å²) in [6.07, 6.45) is 4.65. The first-order valence-electron chi connectivity index (χ1n) is 6.66. The molecule has 0 amide bonds. The third kappa shape index (κ3) is 3.17. The van der Waals surface area contributed by atoms with Gasteiger partial charge in [-0.2, -0.15) is 12.6 Å². The molecule has 110 valence electrons. The number of rotatable bonds is 6. The molecule has 2 rings (SSSR count). The predicted molar refractivity (Wildman–Crippen MR) is 79.9 cm³/mol. The number of nitrogens with zero attached hydrogens (tertiary/aromatic N) is 1. The highest BCUT2D eigenvalue weighted by atomic mass is 32.1. The number of thiol groups is 1. The minimum atomic E-state index is -0.446. The van der Waals surface area contributed by atoms with Crippen molar-refractivity contribution in [3.63, 3.8) is 0 Å². The molecule has 1 aliphatic carbocycles. The zero-order valence-electron chi connectivity index (χ0n) is 11.5. The fourth-order valence-corrected chi connectivity index (χ4v) is 3.00. The van der Waals surface area contributed by atoms with Gasteiger partial charge in [0.05, 0.1) is 24.7 Å². The topological polar surface area (TPSA) is 61.6 Å². The first-order valence-corrected chi connectivity index (χ1v) is 7.29. The molecule has 0 N–H and O–H groups in total. The van der Waals surface area contributed by atoms with Gasteiger partial charge in [-0.15, -0.1) is 0 Å². The van der Waals surface area contributed by atoms with Crippen molar-refractivity contribution < 1.29 is 14.4 Å². The Hall–Kier alpha value is -1.43. The third-order valence-corrected chi connectivity index (χ3v) is 4.56. The van der Waals surface area contributed by atoms with Gasteiger partial charge in [-0.05, 0) is 24.7 Å². The van der Waals surface area contributed by atoms with E-state index in [1.165, 1.54) is 32.1 Å². The quantitative estimate of drug-likeness (QED) is 0.496. The van der Waals surface area contributed by atoms with Crippen LogP contribution in [0.1, 0.15) is 25.7 Å². The highest BCUT2D eigenvalue weighted by Crippen LogP contribution is 2.40. The second-order valence-electron chi connectivity index (χ2n) is 5.25. The molecule has 0 aromatic heterocycles. The monoisotopic (exact) mass is 297 g/mol. The summed E-state index contributed by atoms with van der Waals surface area (Å²) in [4.78, 5) is 10.3. The van der Waals surface area contributed by atoms with Gasteiger partial charge in [0, 0.05) is 11.5 Å². The molecule has 0 saturated heterocycles. The van der Waals surface area contributed by atoms with Crippen molar-refractivity contribution >= 4 is 18.3 Å². The molecule has 0 unspecified atom stereocenters. The maximum absolute atomic E-state index is 10.7. The van der Waals surface area contributed by atoms with Crippen LogP contribution in [0.2, 0.25) is 0 Å². The lowest BCUT2D eigenvalue weighted by Gasteiger charge is -2.27. The van der Waals surface area contributed by atoms with Crippen LogP contribution in [-0.2, 0) is 0 Å². The molecule has 1 aromatic rings. The molecule has 1 saturated carbocycles. The summed E-state index contributed by atoms with van der Waals surface area (Å²) in [6.45, 7) is 0.574. The van der Waals surface area contributed by atoms with E-state index in [1.807, 2.05) is 0 Å². The minimum absolute atomic E-state index is 0.000949. The zero-order valence-corrected chi connectivity index (χ0v) is 12.4. The van der Waals surface area contributed by atoms with E-state index in [1.54, 1.807) is 6.07 Å². The van der Waals surface area contributed by atoms with Crippen LogP contribution in [0.5, 0.6) is 11.5 Å². The Balaban J connectivity index is 2.11. The fourth-order valence-electron chi connectivity index (χ4n) is 2.59. The maximum Gasteiger partial charge on any atom is 0.273 e. The van der Waals surface area contributed by atoms with Gasteiger partial charge in [-0.1, -0.05) is 12.8 Å². The van der Waals surface area contributed by atoms with E-state index in [0.29, 0.717) is 18.1 Å². The Kier molecular flexibility index (Phi) is 4.75. The Morgan fingerprint density at radius 2 is 2.05 bits per heavy atom. The minimum Gasteiger partial charge on any atom is -0.493 e. The van der Waals surface area contributed by atoms with Gasteiger partial charge in [0.1, 0.15) is 0 Å². The van der Waals surface area contributed by atoms with E-state index in [2.05, 4.69) is 12.6 Å². The molecule has 0 spiro atoms. The third-order valence-electron chi connectivity index (χ3n) is 3.89. The van der Waals surface area contributed by atoms with Gasteiger partial charge in [-0.3, -0.25) is 10.1 Å². The molecule has 1 fully saturated rings. The molecule has 0 bridgehead atoms. The highest BCUT2D eigenvalue weighted by molar-refractivity contribution is 7.80. The lowest BCUT2D eigenvalue weighted by Crippen LogP contribution is -2.27. The number of nitro groups is 1. The van der Waals surface area contributed by atoms with Crippen molar-refractivity contribution in [3.8, 4) is 11.5 Å². The molecule has 0 heterocycles. The molecule has 0 atom stereocenters. The summed E-state index contributed by atoms with van der Waals surface area (Å²) in [5, 5.41) is 10.7. The standard InChI is InChI=1S/C14H19NO4S/c1-18-13-8-11(15(16)17)4-5-12(13)19-9-14(10-20)6-2-3-7-14/h4-5,8,20H,2-3,6-7,9-10H2,1H3. The van der Waals surface area contributed by atoms with Crippen molar-refractivity contribution in [2.24, 2.45) is 5.41 Å². The van der Waals surface area contributed by atoms with E-state index in [-0.39, 0.29) is 11.1 Å². The molecular weight excluding hydrogens is 278 g/mol. The van der Waals surface area contributed by atoms with Crippen LogP contribution in [-0.4, -0.2) is 24.4 Å². The second kappa shape index (κ2) is 6.35. The van der Waals surface area contributed by atoms with E-state index >= 15 is 0 Å². The highest BCUT2D eigenvalue weighted by Gasteiger charge is 2.33. The van der Waals surface area contributed by atoms with Crippen molar-refractivity contribution in [3.05, 3.63) is 28.3 Å². The molecule has 0 radical (unpaired) electrons. The number of nitro benzene ring substituents is 1. The molecule has 5 nitrogen and oxygen atoms in total. The SMILES string of the molecule is COc1cc([N+](=O)[O-])ccc1OCC1(CS)CCCC1. The summed E-state index contributed by atoms with van der Waals surface area (Å²) < 4.78 is 11.0. The average Bonchev–Trinajstić information content (AvgIpc) is 2.94. The van der Waals surface area contributed by atoms with E-state index in [9.17, 15) is 10.1 Å². The summed E-state index contributed by atoms with van der Waals surface area (Å²) in [5.74, 6) is 1.74. The number of methoxy groups -OCH3 is 1. The smallest absolute Gasteiger partial charge is 0.273 e. The van der Waals surface area contributed by atoms with E-state index < -0.39 is 4.92 Å². The Bertz CT molecular complexity index is 486. The summed E-state index contributed by atoms with van der Waals surface area (Å²) in [5.41, 5.74) is 0.120.